The Balaban J connectivity index is 1.94. The van der Waals surface area contributed by atoms with Crippen LogP contribution in [0.3, 0.4) is 0 Å². The molecule has 1 aromatic heterocycles. The summed E-state index contributed by atoms with van der Waals surface area (Å²) < 4.78 is 19.2. The van der Waals surface area contributed by atoms with Gasteiger partial charge in [-0.05, 0) is 36.2 Å². The summed E-state index contributed by atoms with van der Waals surface area (Å²) in [6.07, 6.45) is 0.417. The molecule has 2 nitrogen and oxygen atoms in total. The molecule has 0 spiro atoms. The van der Waals surface area contributed by atoms with Crippen molar-refractivity contribution in [3.05, 3.63) is 69.7 Å². The highest BCUT2D eigenvalue weighted by atomic mass is 35.5. The lowest BCUT2D eigenvalue weighted by Gasteiger charge is -2.11. The molecule has 0 aliphatic rings. The zero-order chi connectivity index (χ0) is 15.0. The van der Waals surface area contributed by atoms with Gasteiger partial charge in [-0.1, -0.05) is 41.4 Å². The van der Waals surface area contributed by atoms with Gasteiger partial charge in [0.05, 0.1) is 6.04 Å². The molecule has 2 N–H and O–H groups in total. The molecule has 2 aromatic carbocycles. The highest BCUT2D eigenvalue weighted by molar-refractivity contribution is 6.36. The van der Waals surface area contributed by atoms with Gasteiger partial charge in [-0.15, -0.1) is 0 Å². The minimum absolute atomic E-state index is 0.216. The van der Waals surface area contributed by atoms with Crippen LogP contribution in [0, 0.1) is 5.82 Å². The Morgan fingerprint density at radius 2 is 1.76 bits per heavy atom. The van der Waals surface area contributed by atoms with Crippen LogP contribution in [0.5, 0.6) is 0 Å². The Bertz CT molecular complexity index is 780. The second kappa shape index (κ2) is 5.68. The number of hydrogen-bond donors (Lipinski definition) is 1. The second-order valence-corrected chi connectivity index (χ2v) is 5.63. The maximum absolute atomic E-state index is 13.6. The molecule has 0 aliphatic heterocycles. The second-order valence-electron chi connectivity index (χ2n) is 4.82. The van der Waals surface area contributed by atoms with Crippen LogP contribution in [0.4, 0.5) is 4.39 Å². The third-order valence-electron chi connectivity index (χ3n) is 3.37. The number of furan rings is 1. The summed E-state index contributed by atoms with van der Waals surface area (Å²) in [6.45, 7) is 0. The van der Waals surface area contributed by atoms with Gasteiger partial charge in [0.2, 0.25) is 0 Å². The normalized spacial score (nSPS) is 12.8. The van der Waals surface area contributed by atoms with Crippen molar-refractivity contribution < 1.29 is 8.81 Å². The SMILES string of the molecule is NC(Cc1c(Cl)cccc1Cl)c1cc2cccc(F)c2o1. The predicted octanol–water partition coefficient (Wildman–Crippen LogP) is 5.12. The zero-order valence-electron chi connectivity index (χ0n) is 10.9. The first-order chi connectivity index (χ1) is 10.1. The van der Waals surface area contributed by atoms with Gasteiger partial charge in [0.25, 0.3) is 0 Å². The molecule has 0 saturated carbocycles. The third kappa shape index (κ3) is 2.77. The summed E-state index contributed by atoms with van der Waals surface area (Å²) in [6, 6.07) is 11.3. The van der Waals surface area contributed by atoms with Gasteiger partial charge in [-0.25, -0.2) is 4.39 Å². The van der Waals surface area contributed by atoms with Crippen LogP contribution in [-0.2, 0) is 6.42 Å². The van der Waals surface area contributed by atoms with Crippen molar-refractivity contribution in [3.63, 3.8) is 0 Å². The van der Waals surface area contributed by atoms with Gasteiger partial charge in [0, 0.05) is 15.4 Å². The van der Waals surface area contributed by atoms with Gasteiger partial charge in [-0.3, -0.25) is 0 Å². The highest BCUT2D eigenvalue weighted by Crippen LogP contribution is 2.31. The predicted molar refractivity (Wildman–Crippen MR) is 83.3 cm³/mol. The molecule has 1 atom stereocenters. The van der Waals surface area contributed by atoms with Crippen LogP contribution in [0.15, 0.2) is 46.9 Å². The first-order valence-corrected chi connectivity index (χ1v) is 7.18. The van der Waals surface area contributed by atoms with Crippen molar-refractivity contribution >= 4 is 34.2 Å². The third-order valence-corrected chi connectivity index (χ3v) is 4.07. The number of fused-ring (bicyclic) bond motifs is 1. The molecule has 0 fully saturated rings. The lowest BCUT2D eigenvalue weighted by Crippen LogP contribution is -2.13. The number of nitrogens with two attached hydrogens (primary N) is 1. The van der Waals surface area contributed by atoms with Crippen molar-refractivity contribution in [2.45, 2.75) is 12.5 Å². The van der Waals surface area contributed by atoms with Crippen LogP contribution in [0.1, 0.15) is 17.4 Å². The van der Waals surface area contributed by atoms with E-state index >= 15 is 0 Å². The molecule has 3 rings (SSSR count). The van der Waals surface area contributed by atoms with E-state index in [1.807, 2.05) is 0 Å². The molecule has 21 heavy (non-hydrogen) atoms. The topological polar surface area (TPSA) is 39.2 Å². The Kier molecular flexibility index (Phi) is 3.89. The molecule has 0 saturated heterocycles. The number of benzene rings is 2. The van der Waals surface area contributed by atoms with E-state index in [0.717, 1.165) is 5.56 Å². The van der Waals surface area contributed by atoms with Gasteiger partial charge < -0.3 is 10.2 Å². The summed E-state index contributed by atoms with van der Waals surface area (Å²) in [5.41, 5.74) is 7.12. The molecule has 1 unspecified atom stereocenters. The van der Waals surface area contributed by atoms with Gasteiger partial charge >= 0.3 is 0 Å². The summed E-state index contributed by atoms with van der Waals surface area (Å²) in [5.74, 6) is 0.104. The van der Waals surface area contributed by atoms with Crippen LogP contribution in [0.2, 0.25) is 10.0 Å². The van der Waals surface area contributed by atoms with E-state index in [1.165, 1.54) is 6.07 Å². The maximum atomic E-state index is 13.6. The highest BCUT2D eigenvalue weighted by Gasteiger charge is 2.17. The van der Waals surface area contributed by atoms with Gasteiger partial charge in [-0.2, -0.15) is 0 Å². The molecule has 1 heterocycles. The van der Waals surface area contributed by atoms with E-state index in [1.54, 1.807) is 36.4 Å². The number of hydrogen-bond acceptors (Lipinski definition) is 2. The average molecular weight is 324 g/mol. The zero-order valence-corrected chi connectivity index (χ0v) is 12.5. The Labute approximate surface area is 131 Å². The monoisotopic (exact) mass is 323 g/mol. The minimum Gasteiger partial charge on any atom is -0.456 e. The van der Waals surface area contributed by atoms with Crippen LogP contribution in [0.25, 0.3) is 11.0 Å². The molecular formula is C16H12Cl2FNO. The van der Waals surface area contributed by atoms with E-state index < -0.39 is 11.9 Å². The van der Waals surface area contributed by atoms with Crippen molar-refractivity contribution in [1.82, 2.24) is 0 Å². The van der Waals surface area contributed by atoms with Gasteiger partial charge in [0.1, 0.15) is 5.76 Å². The maximum Gasteiger partial charge on any atom is 0.169 e. The lowest BCUT2D eigenvalue weighted by atomic mass is 10.0. The number of para-hydroxylation sites is 1. The fourth-order valence-corrected chi connectivity index (χ4v) is 2.83. The van der Waals surface area contributed by atoms with Crippen LogP contribution in [-0.4, -0.2) is 0 Å². The fraction of sp³-hybridized carbons (Fsp3) is 0.125. The van der Waals surface area contributed by atoms with Crippen molar-refractivity contribution in [3.8, 4) is 0 Å². The molecule has 5 heteroatoms. The lowest BCUT2D eigenvalue weighted by molar-refractivity contribution is 0.478. The minimum atomic E-state index is -0.450. The quantitative estimate of drug-likeness (QED) is 0.726. The molecule has 0 aliphatic carbocycles. The first kappa shape index (κ1) is 14.4. The van der Waals surface area contributed by atoms with Crippen molar-refractivity contribution in [2.75, 3.05) is 0 Å². The molecule has 3 aromatic rings. The summed E-state index contributed by atoms with van der Waals surface area (Å²) >= 11 is 12.3. The molecule has 0 radical (unpaired) electrons. The standard InChI is InChI=1S/C16H12Cl2FNO/c17-11-4-2-5-12(18)10(11)8-14(20)15-7-9-3-1-6-13(19)16(9)21-15/h1-7,14H,8,20H2. The Morgan fingerprint density at radius 3 is 2.43 bits per heavy atom. The largest absolute Gasteiger partial charge is 0.456 e. The molecule has 0 bridgehead atoms. The number of halogens is 3. The van der Waals surface area contributed by atoms with Crippen molar-refractivity contribution in [1.29, 1.82) is 0 Å². The summed E-state index contributed by atoms with van der Waals surface area (Å²) in [4.78, 5) is 0. The number of rotatable bonds is 3. The molecule has 0 amide bonds. The van der Waals surface area contributed by atoms with E-state index in [9.17, 15) is 4.39 Å². The Hall–Kier alpha value is -1.55. The average Bonchev–Trinajstić information content (AvgIpc) is 2.88. The summed E-state index contributed by atoms with van der Waals surface area (Å²) in [7, 11) is 0. The van der Waals surface area contributed by atoms with E-state index in [2.05, 4.69) is 0 Å². The molecular weight excluding hydrogens is 312 g/mol. The smallest absolute Gasteiger partial charge is 0.169 e. The van der Waals surface area contributed by atoms with Crippen molar-refractivity contribution in [2.24, 2.45) is 5.73 Å². The van der Waals surface area contributed by atoms with E-state index in [0.29, 0.717) is 27.6 Å². The van der Waals surface area contributed by atoms with Crippen LogP contribution < -0.4 is 5.73 Å². The van der Waals surface area contributed by atoms with E-state index in [-0.39, 0.29) is 5.58 Å². The molecule has 108 valence electrons. The Morgan fingerprint density at radius 1 is 1.10 bits per heavy atom. The summed E-state index contributed by atoms with van der Waals surface area (Å²) in [5, 5.41) is 1.80. The van der Waals surface area contributed by atoms with E-state index in [4.69, 9.17) is 33.4 Å². The van der Waals surface area contributed by atoms with Crippen LogP contribution >= 0.6 is 23.2 Å². The fourth-order valence-electron chi connectivity index (χ4n) is 2.28. The van der Waals surface area contributed by atoms with Gasteiger partial charge in [0.15, 0.2) is 11.4 Å². The first-order valence-electron chi connectivity index (χ1n) is 6.42.